The molecular formula is C14H23NO3. The number of carboxylic acid groups (broad SMARTS) is 1. The van der Waals surface area contributed by atoms with E-state index in [9.17, 15) is 9.59 Å². The highest BCUT2D eigenvalue weighted by atomic mass is 16.4. The van der Waals surface area contributed by atoms with Gasteiger partial charge in [0.25, 0.3) is 0 Å². The van der Waals surface area contributed by atoms with Crippen molar-refractivity contribution in [3.8, 4) is 0 Å². The molecule has 1 saturated carbocycles. The average molecular weight is 253 g/mol. The van der Waals surface area contributed by atoms with Crippen LogP contribution < -0.4 is 0 Å². The molecule has 4 heteroatoms. The van der Waals surface area contributed by atoms with Crippen molar-refractivity contribution in [3.05, 3.63) is 0 Å². The zero-order valence-corrected chi connectivity index (χ0v) is 11.3. The standard InChI is InChI=1S/C14H23NO3/c1-9-6-7-10(2)15(9)13(16)11-4-3-5-12(8-11)14(17)18/h9-12H,3-8H2,1-2H3,(H,17,18). The lowest BCUT2D eigenvalue weighted by Gasteiger charge is -2.33. The molecule has 0 aromatic rings. The molecule has 102 valence electrons. The number of hydrogen-bond acceptors (Lipinski definition) is 2. The summed E-state index contributed by atoms with van der Waals surface area (Å²) in [5.41, 5.74) is 0. The van der Waals surface area contributed by atoms with E-state index in [0.29, 0.717) is 18.5 Å². The van der Waals surface area contributed by atoms with Crippen LogP contribution in [0.5, 0.6) is 0 Å². The quantitative estimate of drug-likeness (QED) is 0.821. The van der Waals surface area contributed by atoms with Crippen LogP contribution in [0.25, 0.3) is 0 Å². The number of amides is 1. The Kier molecular flexibility index (Phi) is 3.93. The first-order valence-electron chi connectivity index (χ1n) is 7.05. The van der Waals surface area contributed by atoms with Crippen LogP contribution in [0.15, 0.2) is 0 Å². The van der Waals surface area contributed by atoms with Crippen molar-refractivity contribution >= 4 is 11.9 Å². The van der Waals surface area contributed by atoms with Crippen molar-refractivity contribution < 1.29 is 14.7 Å². The van der Waals surface area contributed by atoms with Crippen LogP contribution in [0.3, 0.4) is 0 Å². The van der Waals surface area contributed by atoms with Gasteiger partial charge in [0, 0.05) is 18.0 Å². The minimum atomic E-state index is -0.741. The van der Waals surface area contributed by atoms with Gasteiger partial charge in [-0.15, -0.1) is 0 Å². The highest BCUT2D eigenvalue weighted by Gasteiger charge is 2.38. The second-order valence-electron chi connectivity index (χ2n) is 5.92. The fraction of sp³-hybridized carbons (Fsp3) is 0.857. The van der Waals surface area contributed by atoms with E-state index in [-0.39, 0.29) is 17.7 Å². The second kappa shape index (κ2) is 5.29. The maximum atomic E-state index is 12.5. The molecule has 1 N–H and O–H groups in total. The molecule has 1 heterocycles. The number of nitrogens with zero attached hydrogens (tertiary/aromatic N) is 1. The van der Waals surface area contributed by atoms with Gasteiger partial charge in [0.15, 0.2) is 0 Å². The molecular weight excluding hydrogens is 230 g/mol. The molecule has 0 aromatic carbocycles. The number of carbonyl (C=O) groups is 2. The summed E-state index contributed by atoms with van der Waals surface area (Å²) in [6, 6.07) is 0.635. The van der Waals surface area contributed by atoms with Crippen LogP contribution in [-0.4, -0.2) is 34.0 Å². The van der Waals surface area contributed by atoms with Gasteiger partial charge < -0.3 is 10.0 Å². The van der Waals surface area contributed by atoms with Crippen LogP contribution in [0.2, 0.25) is 0 Å². The Hall–Kier alpha value is -1.06. The maximum Gasteiger partial charge on any atom is 0.306 e. The van der Waals surface area contributed by atoms with E-state index in [1.807, 2.05) is 4.90 Å². The summed E-state index contributed by atoms with van der Waals surface area (Å²) in [5.74, 6) is -0.933. The molecule has 0 aromatic heterocycles. The Morgan fingerprint density at radius 1 is 1.00 bits per heavy atom. The number of carboxylic acids is 1. The van der Waals surface area contributed by atoms with Crippen molar-refractivity contribution in [1.82, 2.24) is 4.90 Å². The van der Waals surface area contributed by atoms with Crippen LogP contribution in [0, 0.1) is 11.8 Å². The Labute approximate surface area is 108 Å². The minimum Gasteiger partial charge on any atom is -0.481 e. The molecule has 2 fully saturated rings. The molecule has 1 aliphatic carbocycles. The molecule has 0 bridgehead atoms. The normalized spacial score (nSPS) is 36.7. The molecule has 1 aliphatic heterocycles. The zero-order chi connectivity index (χ0) is 13.3. The summed E-state index contributed by atoms with van der Waals surface area (Å²) in [6.07, 6.45) is 5.13. The molecule has 1 amide bonds. The van der Waals surface area contributed by atoms with Crippen molar-refractivity contribution in [2.45, 2.75) is 64.5 Å². The van der Waals surface area contributed by atoms with Gasteiger partial charge in [-0.2, -0.15) is 0 Å². The van der Waals surface area contributed by atoms with Gasteiger partial charge in [-0.05, 0) is 46.0 Å². The molecule has 1 saturated heterocycles. The van der Waals surface area contributed by atoms with Crippen LogP contribution in [0.1, 0.15) is 52.4 Å². The Bertz CT molecular complexity index is 332. The summed E-state index contributed by atoms with van der Waals surface area (Å²) < 4.78 is 0. The van der Waals surface area contributed by atoms with Gasteiger partial charge in [-0.1, -0.05) is 6.42 Å². The van der Waals surface area contributed by atoms with Crippen molar-refractivity contribution in [1.29, 1.82) is 0 Å². The van der Waals surface area contributed by atoms with Crippen molar-refractivity contribution in [2.75, 3.05) is 0 Å². The molecule has 4 atom stereocenters. The van der Waals surface area contributed by atoms with Crippen LogP contribution >= 0.6 is 0 Å². The lowest BCUT2D eigenvalue weighted by molar-refractivity contribution is -0.146. The van der Waals surface area contributed by atoms with Crippen LogP contribution in [0.4, 0.5) is 0 Å². The van der Waals surface area contributed by atoms with Gasteiger partial charge in [-0.25, -0.2) is 0 Å². The maximum absolute atomic E-state index is 12.5. The largest absolute Gasteiger partial charge is 0.481 e. The lowest BCUT2D eigenvalue weighted by Crippen LogP contribution is -2.44. The summed E-state index contributed by atoms with van der Waals surface area (Å²) in [7, 11) is 0. The first-order chi connectivity index (χ1) is 8.50. The van der Waals surface area contributed by atoms with Gasteiger partial charge in [0.1, 0.15) is 0 Å². The first-order valence-corrected chi connectivity index (χ1v) is 7.05. The summed E-state index contributed by atoms with van der Waals surface area (Å²) in [4.78, 5) is 25.6. The molecule has 0 spiro atoms. The van der Waals surface area contributed by atoms with E-state index in [2.05, 4.69) is 13.8 Å². The van der Waals surface area contributed by atoms with Gasteiger partial charge >= 0.3 is 5.97 Å². The fourth-order valence-corrected chi connectivity index (χ4v) is 3.48. The lowest BCUT2D eigenvalue weighted by atomic mass is 9.80. The van der Waals surface area contributed by atoms with E-state index < -0.39 is 5.97 Å². The Balaban J connectivity index is 2.02. The number of rotatable bonds is 2. The smallest absolute Gasteiger partial charge is 0.306 e. The third-order valence-corrected chi connectivity index (χ3v) is 4.58. The van der Waals surface area contributed by atoms with E-state index >= 15 is 0 Å². The summed E-state index contributed by atoms with van der Waals surface area (Å²) in [6.45, 7) is 4.19. The Morgan fingerprint density at radius 2 is 1.56 bits per heavy atom. The molecule has 2 aliphatic rings. The third-order valence-electron chi connectivity index (χ3n) is 4.58. The average Bonchev–Trinajstić information content (AvgIpc) is 2.68. The minimum absolute atomic E-state index is 0.0668. The van der Waals surface area contributed by atoms with Crippen LogP contribution in [-0.2, 0) is 9.59 Å². The van der Waals surface area contributed by atoms with Crippen molar-refractivity contribution in [2.24, 2.45) is 11.8 Å². The molecule has 4 nitrogen and oxygen atoms in total. The predicted molar refractivity (Wildman–Crippen MR) is 68.1 cm³/mol. The number of hydrogen-bond donors (Lipinski definition) is 1. The van der Waals surface area contributed by atoms with Gasteiger partial charge in [0.2, 0.25) is 5.91 Å². The van der Waals surface area contributed by atoms with E-state index in [4.69, 9.17) is 5.11 Å². The van der Waals surface area contributed by atoms with E-state index in [0.717, 1.165) is 32.1 Å². The highest BCUT2D eigenvalue weighted by Crippen LogP contribution is 2.33. The number of aliphatic carboxylic acids is 1. The van der Waals surface area contributed by atoms with E-state index in [1.54, 1.807) is 0 Å². The SMILES string of the molecule is CC1CCC(C)N1C(=O)C1CCCC(C(=O)O)C1. The molecule has 0 radical (unpaired) electrons. The highest BCUT2D eigenvalue weighted by molar-refractivity contribution is 5.81. The zero-order valence-electron chi connectivity index (χ0n) is 11.3. The summed E-state index contributed by atoms with van der Waals surface area (Å²) >= 11 is 0. The number of likely N-dealkylation sites (tertiary alicyclic amines) is 1. The molecule has 4 unspecified atom stereocenters. The third kappa shape index (κ3) is 2.52. The predicted octanol–water partition coefficient (Wildman–Crippen LogP) is 2.28. The van der Waals surface area contributed by atoms with Gasteiger partial charge in [0.05, 0.1) is 5.92 Å². The second-order valence-corrected chi connectivity index (χ2v) is 5.92. The number of carbonyl (C=O) groups excluding carboxylic acids is 1. The van der Waals surface area contributed by atoms with Gasteiger partial charge in [-0.3, -0.25) is 9.59 Å². The topological polar surface area (TPSA) is 57.6 Å². The fourth-order valence-electron chi connectivity index (χ4n) is 3.48. The Morgan fingerprint density at radius 3 is 2.11 bits per heavy atom. The molecule has 18 heavy (non-hydrogen) atoms. The van der Waals surface area contributed by atoms with E-state index in [1.165, 1.54) is 0 Å². The first kappa shape index (κ1) is 13.4. The molecule has 2 rings (SSSR count). The monoisotopic (exact) mass is 253 g/mol. The summed E-state index contributed by atoms with van der Waals surface area (Å²) in [5, 5.41) is 9.08. The van der Waals surface area contributed by atoms with Crippen molar-refractivity contribution in [3.63, 3.8) is 0 Å².